The highest BCUT2D eigenvalue weighted by atomic mass is 32.2. The molecule has 0 saturated carbocycles. The number of hydrogen-bond acceptors (Lipinski definition) is 1. The quantitative estimate of drug-likeness (QED) is 0.649. The Labute approximate surface area is 85.7 Å². The van der Waals surface area contributed by atoms with Gasteiger partial charge in [0.1, 0.15) is 0 Å². The molecule has 0 aliphatic carbocycles. The maximum atomic E-state index is 2.33. The van der Waals surface area contributed by atoms with Crippen molar-refractivity contribution in [2.24, 2.45) is 0 Å². The van der Waals surface area contributed by atoms with Gasteiger partial charge in [-0.15, -0.1) is 11.8 Å². The smallest absolute Gasteiger partial charge is 0.00721 e. The van der Waals surface area contributed by atoms with Gasteiger partial charge in [0.25, 0.3) is 0 Å². The summed E-state index contributed by atoms with van der Waals surface area (Å²) in [5.41, 5.74) is 2.93. The Morgan fingerprint density at radius 2 is 2.08 bits per heavy atom. The Morgan fingerprint density at radius 1 is 1.38 bits per heavy atom. The molecule has 1 unspecified atom stereocenters. The zero-order valence-electron chi connectivity index (χ0n) is 8.92. The topological polar surface area (TPSA) is 0 Å². The van der Waals surface area contributed by atoms with Crippen molar-refractivity contribution in [3.63, 3.8) is 0 Å². The molecule has 0 radical (unpaired) electrons. The summed E-state index contributed by atoms with van der Waals surface area (Å²) in [6, 6.07) is 6.76. The molecule has 13 heavy (non-hydrogen) atoms. The van der Waals surface area contributed by atoms with Gasteiger partial charge in [0.2, 0.25) is 0 Å². The van der Waals surface area contributed by atoms with Crippen LogP contribution in [0.25, 0.3) is 0 Å². The van der Waals surface area contributed by atoms with E-state index in [1.54, 1.807) is 0 Å². The van der Waals surface area contributed by atoms with E-state index in [1.165, 1.54) is 22.4 Å². The van der Waals surface area contributed by atoms with Gasteiger partial charge in [-0.25, -0.2) is 0 Å². The lowest BCUT2D eigenvalue weighted by Crippen LogP contribution is -1.95. The maximum absolute atomic E-state index is 2.33. The van der Waals surface area contributed by atoms with Gasteiger partial charge in [-0.3, -0.25) is 0 Å². The third-order valence-electron chi connectivity index (χ3n) is 2.63. The maximum Gasteiger partial charge on any atom is 0.00721 e. The van der Waals surface area contributed by atoms with Crippen LogP contribution in [-0.4, -0.2) is 6.26 Å². The zero-order valence-corrected chi connectivity index (χ0v) is 9.74. The molecule has 0 amide bonds. The van der Waals surface area contributed by atoms with Crippen LogP contribution in [0, 0.1) is 6.92 Å². The summed E-state index contributed by atoms with van der Waals surface area (Å²) in [6.45, 7) is 6.74. The van der Waals surface area contributed by atoms with E-state index in [2.05, 4.69) is 45.2 Å². The monoisotopic (exact) mass is 194 g/mol. The van der Waals surface area contributed by atoms with Gasteiger partial charge in [-0.1, -0.05) is 19.9 Å². The first kappa shape index (κ1) is 10.6. The van der Waals surface area contributed by atoms with Crippen molar-refractivity contribution in [2.45, 2.75) is 38.0 Å². The van der Waals surface area contributed by atoms with Crippen LogP contribution < -0.4 is 0 Å². The fourth-order valence-corrected chi connectivity index (χ4v) is 1.95. The third-order valence-corrected chi connectivity index (χ3v) is 3.36. The molecular weight excluding hydrogens is 176 g/mol. The van der Waals surface area contributed by atoms with Crippen molar-refractivity contribution in [2.75, 3.05) is 6.26 Å². The van der Waals surface area contributed by atoms with Crippen LogP contribution in [-0.2, 0) is 0 Å². The average molecular weight is 194 g/mol. The molecule has 0 fully saturated rings. The van der Waals surface area contributed by atoms with E-state index in [0.29, 0.717) is 5.92 Å². The minimum Gasteiger partial charge on any atom is -0.130 e. The molecule has 0 saturated heterocycles. The first-order valence-electron chi connectivity index (χ1n) is 4.83. The minimum atomic E-state index is 0.687. The fraction of sp³-hybridized carbons (Fsp3) is 0.500. The summed E-state index contributed by atoms with van der Waals surface area (Å²) in [5, 5.41) is 0. The molecule has 72 valence electrons. The second kappa shape index (κ2) is 4.71. The van der Waals surface area contributed by atoms with Crippen molar-refractivity contribution < 1.29 is 0 Å². The van der Waals surface area contributed by atoms with Gasteiger partial charge < -0.3 is 0 Å². The van der Waals surface area contributed by atoms with E-state index in [0.717, 1.165) is 0 Å². The highest BCUT2D eigenvalue weighted by Gasteiger charge is 2.06. The van der Waals surface area contributed by atoms with E-state index >= 15 is 0 Å². The lowest BCUT2D eigenvalue weighted by Gasteiger charge is -2.13. The van der Waals surface area contributed by atoms with Crippen LogP contribution in [0.15, 0.2) is 23.1 Å². The first-order valence-corrected chi connectivity index (χ1v) is 6.06. The molecule has 0 aromatic heterocycles. The summed E-state index contributed by atoms with van der Waals surface area (Å²) in [6.07, 6.45) is 3.35. The van der Waals surface area contributed by atoms with E-state index in [4.69, 9.17) is 0 Å². The SMILES string of the molecule is CCC(C)c1cc(SC)ccc1C. The lowest BCUT2D eigenvalue weighted by atomic mass is 9.95. The molecule has 1 aromatic carbocycles. The third kappa shape index (κ3) is 2.50. The number of rotatable bonds is 3. The number of benzene rings is 1. The van der Waals surface area contributed by atoms with E-state index in [-0.39, 0.29) is 0 Å². The van der Waals surface area contributed by atoms with Crippen LogP contribution in [0.4, 0.5) is 0 Å². The normalized spacial score (nSPS) is 12.9. The molecular formula is C12H18S. The highest BCUT2D eigenvalue weighted by molar-refractivity contribution is 7.98. The molecule has 1 aromatic rings. The molecule has 0 nitrogen and oxygen atoms in total. The Morgan fingerprint density at radius 3 is 2.62 bits per heavy atom. The second-order valence-corrected chi connectivity index (χ2v) is 4.41. The standard InChI is InChI=1S/C12H18S/c1-5-9(2)12-8-11(13-4)7-6-10(12)3/h6-9H,5H2,1-4H3. The van der Waals surface area contributed by atoms with Crippen molar-refractivity contribution in [1.82, 2.24) is 0 Å². The van der Waals surface area contributed by atoms with E-state index < -0.39 is 0 Å². The van der Waals surface area contributed by atoms with Gasteiger partial charge in [-0.05, 0) is 48.8 Å². The summed E-state index contributed by atoms with van der Waals surface area (Å²) in [7, 11) is 0. The minimum absolute atomic E-state index is 0.687. The van der Waals surface area contributed by atoms with Crippen LogP contribution in [0.3, 0.4) is 0 Å². The van der Waals surface area contributed by atoms with Crippen LogP contribution in [0.1, 0.15) is 37.3 Å². The molecule has 1 atom stereocenters. The Kier molecular flexibility index (Phi) is 3.86. The van der Waals surface area contributed by atoms with Gasteiger partial charge in [-0.2, -0.15) is 0 Å². The van der Waals surface area contributed by atoms with Crippen molar-refractivity contribution >= 4 is 11.8 Å². The predicted octanol–water partition coefficient (Wildman–Crippen LogP) is 4.23. The van der Waals surface area contributed by atoms with Crippen molar-refractivity contribution in [3.05, 3.63) is 29.3 Å². The zero-order chi connectivity index (χ0) is 9.84. The van der Waals surface area contributed by atoms with Gasteiger partial charge in [0.15, 0.2) is 0 Å². The summed E-state index contributed by atoms with van der Waals surface area (Å²) in [4.78, 5) is 1.38. The Hall–Kier alpha value is -0.430. The summed E-state index contributed by atoms with van der Waals surface area (Å²) < 4.78 is 0. The van der Waals surface area contributed by atoms with Crippen LogP contribution >= 0.6 is 11.8 Å². The molecule has 0 N–H and O–H groups in total. The van der Waals surface area contributed by atoms with E-state index in [9.17, 15) is 0 Å². The molecule has 0 aliphatic rings. The van der Waals surface area contributed by atoms with Gasteiger partial charge >= 0.3 is 0 Å². The molecule has 0 heterocycles. The molecule has 1 rings (SSSR count). The number of aryl methyl sites for hydroxylation is 1. The van der Waals surface area contributed by atoms with Crippen LogP contribution in [0.2, 0.25) is 0 Å². The lowest BCUT2D eigenvalue weighted by molar-refractivity contribution is 0.726. The number of thioether (sulfide) groups is 1. The van der Waals surface area contributed by atoms with Gasteiger partial charge in [0.05, 0.1) is 0 Å². The molecule has 0 bridgehead atoms. The van der Waals surface area contributed by atoms with Gasteiger partial charge in [0, 0.05) is 4.90 Å². The highest BCUT2D eigenvalue weighted by Crippen LogP contribution is 2.26. The molecule has 0 spiro atoms. The van der Waals surface area contributed by atoms with Crippen LogP contribution in [0.5, 0.6) is 0 Å². The molecule has 0 aliphatic heterocycles. The second-order valence-electron chi connectivity index (χ2n) is 3.53. The Balaban J connectivity index is 3.03. The van der Waals surface area contributed by atoms with Crippen molar-refractivity contribution in [1.29, 1.82) is 0 Å². The largest absolute Gasteiger partial charge is 0.130 e. The molecule has 1 heteroatoms. The summed E-state index contributed by atoms with van der Waals surface area (Å²) >= 11 is 1.82. The number of hydrogen-bond donors (Lipinski definition) is 0. The first-order chi connectivity index (χ1) is 6.19. The summed E-state index contributed by atoms with van der Waals surface area (Å²) in [5.74, 6) is 0.687. The predicted molar refractivity (Wildman–Crippen MR) is 61.7 cm³/mol. The fourth-order valence-electron chi connectivity index (χ4n) is 1.50. The van der Waals surface area contributed by atoms with E-state index in [1.807, 2.05) is 11.8 Å². The average Bonchev–Trinajstić information content (AvgIpc) is 2.17. The Bertz CT molecular complexity index is 278. The van der Waals surface area contributed by atoms with Crippen molar-refractivity contribution in [3.8, 4) is 0 Å².